The molecule has 0 aliphatic rings. The average Bonchev–Trinajstić information content (AvgIpc) is 3.00. The zero-order chi connectivity index (χ0) is 28.5. The third-order valence-electron chi connectivity index (χ3n) is 7.34. The second-order valence-corrected chi connectivity index (χ2v) is 10.2. The Hall–Kier alpha value is -4.92. The van der Waals surface area contributed by atoms with Crippen LogP contribution in [-0.4, -0.2) is 44.8 Å². The van der Waals surface area contributed by atoms with Crippen molar-refractivity contribution in [3.8, 4) is 0 Å². The highest BCUT2D eigenvalue weighted by atomic mass is 16.2. The van der Waals surface area contributed by atoms with Crippen LogP contribution in [0.15, 0.2) is 59.4 Å². The second kappa shape index (κ2) is 10.9. The number of hydrogen-bond donors (Lipinski definition) is 3. The first kappa shape index (κ1) is 26.3. The summed E-state index contributed by atoms with van der Waals surface area (Å²) in [7, 11) is 0. The van der Waals surface area contributed by atoms with Crippen LogP contribution in [0.3, 0.4) is 0 Å². The van der Waals surface area contributed by atoms with Gasteiger partial charge in [0.1, 0.15) is 17.0 Å². The Balaban J connectivity index is 1.52. The Morgan fingerprint density at radius 3 is 1.88 bits per heavy atom. The van der Waals surface area contributed by atoms with Gasteiger partial charge in [0.05, 0.1) is 27.5 Å². The molecule has 4 aromatic heterocycles. The van der Waals surface area contributed by atoms with Crippen LogP contribution in [-0.2, 0) is 0 Å². The largest absolute Gasteiger partial charge is 0.351 e. The molecule has 6 rings (SSSR count). The van der Waals surface area contributed by atoms with Gasteiger partial charge in [-0.15, -0.1) is 0 Å². The molecule has 0 atom stereocenters. The van der Waals surface area contributed by atoms with Crippen LogP contribution in [0, 0.1) is 0 Å². The number of pyridine rings is 4. The molecule has 0 unspecified atom stereocenters. The summed E-state index contributed by atoms with van der Waals surface area (Å²) in [6, 6.07) is 16.3. The molecule has 0 radical (unpaired) electrons. The number of H-pyrrole nitrogens is 1. The van der Waals surface area contributed by atoms with Gasteiger partial charge in [0, 0.05) is 34.6 Å². The molecule has 0 aliphatic carbocycles. The van der Waals surface area contributed by atoms with E-state index in [0.717, 1.165) is 41.8 Å². The summed E-state index contributed by atoms with van der Waals surface area (Å²) < 4.78 is 0. The minimum absolute atomic E-state index is 0.179. The number of nitrogens with one attached hydrogen (secondary N) is 3. The van der Waals surface area contributed by atoms with Crippen molar-refractivity contribution >= 4 is 66.5 Å². The molecule has 41 heavy (non-hydrogen) atoms. The fourth-order valence-electron chi connectivity index (χ4n) is 5.05. The minimum atomic E-state index is -0.253. The summed E-state index contributed by atoms with van der Waals surface area (Å²) in [6.07, 6.45) is 3.74. The molecule has 206 valence electrons. The van der Waals surface area contributed by atoms with E-state index in [1.807, 2.05) is 30.3 Å². The van der Waals surface area contributed by atoms with Crippen LogP contribution in [0.1, 0.15) is 60.5 Å². The van der Waals surface area contributed by atoms with Crippen LogP contribution >= 0.6 is 0 Å². The number of unbranched alkanes of at least 4 members (excludes halogenated alkanes) is 2. The number of aromatic amines is 1. The van der Waals surface area contributed by atoms with Crippen LogP contribution in [0.25, 0.3) is 54.6 Å². The first-order valence-corrected chi connectivity index (χ1v) is 14.0. The lowest BCUT2D eigenvalue weighted by atomic mass is 10.1. The molecule has 0 aliphatic heterocycles. The summed E-state index contributed by atoms with van der Waals surface area (Å²) in [6.45, 7) is 5.30. The lowest BCUT2D eigenvalue weighted by Gasteiger charge is -2.10. The number of benzene rings is 2. The average molecular weight is 547 g/mol. The number of nitrogens with zero attached hydrogens (tertiary/aromatic N) is 3. The Morgan fingerprint density at radius 1 is 0.683 bits per heavy atom. The number of carbonyl (C=O) groups is 2. The van der Waals surface area contributed by atoms with Gasteiger partial charge >= 0.3 is 0 Å². The number of aromatic nitrogens is 4. The number of fused-ring (bicyclic) bond motifs is 7. The third kappa shape index (κ3) is 4.84. The molecular weight excluding hydrogens is 516 g/mol. The smallest absolute Gasteiger partial charge is 0.269 e. The summed E-state index contributed by atoms with van der Waals surface area (Å²) in [5, 5.41) is 9.08. The van der Waals surface area contributed by atoms with Crippen LogP contribution in [0.4, 0.5) is 0 Å². The predicted molar refractivity (Wildman–Crippen MR) is 162 cm³/mol. The van der Waals surface area contributed by atoms with Crippen molar-refractivity contribution in [2.45, 2.75) is 39.5 Å². The summed E-state index contributed by atoms with van der Waals surface area (Å²) in [5.41, 5.74) is 3.00. The molecule has 9 heteroatoms. The van der Waals surface area contributed by atoms with Gasteiger partial charge in [-0.2, -0.15) is 0 Å². The molecule has 3 N–H and O–H groups in total. The maximum atomic E-state index is 13.7. The van der Waals surface area contributed by atoms with E-state index < -0.39 is 0 Å². The third-order valence-corrected chi connectivity index (χ3v) is 7.34. The number of carbonyl (C=O) groups excluding carboxylic acids is 2. The molecule has 0 spiro atoms. The number of amides is 2. The quantitative estimate of drug-likeness (QED) is 0.133. The van der Waals surface area contributed by atoms with E-state index in [-0.39, 0.29) is 22.9 Å². The molecule has 2 amide bonds. The number of rotatable bonds is 8. The van der Waals surface area contributed by atoms with Gasteiger partial charge in [0.2, 0.25) is 0 Å². The van der Waals surface area contributed by atoms with Crippen molar-refractivity contribution in [1.29, 1.82) is 0 Å². The highest BCUT2D eigenvalue weighted by Crippen LogP contribution is 2.27. The van der Waals surface area contributed by atoms with Gasteiger partial charge < -0.3 is 15.6 Å². The Kier molecular flexibility index (Phi) is 7.01. The molecule has 4 heterocycles. The highest BCUT2D eigenvalue weighted by Gasteiger charge is 2.16. The van der Waals surface area contributed by atoms with Crippen molar-refractivity contribution in [1.82, 2.24) is 30.6 Å². The van der Waals surface area contributed by atoms with Gasteiger partial charge in [-0.05, 0) is 37.1 Å². The molecule has 9 nitrogen and oxygen atoms in total. The maximum Gasteiger partial charge on any atom is 0.269 e. The maximum absolute atomic E-state index is 13.7. The Bertz CT molecular complexity index is 2040. The van der Waals surface area contributed by atoms with Crippen molar-refractivity contribution in [2.24, 2.45) is 0 Å². The van der Waals surface area contributed by atoms with E-state index in [0.29, 0.717) is 57.3 Å². The van der Waals surface area contributed by atoms with Crippen LogP contribution in [0.2, 0.25) is 0 Å². The van der Waals surface area contributed by atoms with Crippen LogP contribution < -0.4 is 16.1 Å². The topological polar surface area (TPSA) is 130 Å². The lowest BCUT2D eigenvalue weighted by Crippen LogP contribution is -2.25. The standard InChI is InChI=1S/C32H30N6O3/c1-3-5-15-33-31(40)23-13-10-18-7-8-20-17-22-29(39)21-12-9-19-11-14-24(32(41)34-16-6-4-2)36-26(19)28(21)38-30(22)37-27(20)25(18)35-23/h7-14,17H,3-6,15-16H2,1-2H3,(H,33,40)(H,34,41)(H,37,38,39). The summed E-state index contributed by atoms with van der Waals surface area (Å²) in [5.74, 6) is -0.485. The van der Waals surface area contributed by atoms with Crippen molar-refractivity contribution in [3.63, 3.8) is 0 Å². The van der Waals surface area contributed by atoms with E-state index in [2.05, 4.69) is 39.4 Å². The lowest BCUT2D eigenvalue weighted by molar-refractivity contribution is 0.0940. The molecule has 0 fully saturated rings. The molecule has 6 aromatic rings. The SMILES string of the molecule is CCCCNC(=O)c1ccc2ccc3cc4c(=O)c5ccc6ccc(C(=O)NCCCC)nc6c5[nH]c4nc3c2n1. The normalized spacial score (nSPS) is 11.6. The van der Waals surface area contributed by atoms with Crippen molar-refractivity contribution in [2.75, 3.05) is 13.1 Å². The fraction of sp³-hybridized carbons (Fsp3) is 0.250. The van der Waals surface area contributed by atoms with Gasteiger partial charge in [0.15, 0.2) is 5.43 Å². The summed E-state index contributed by atoms with van der Waals surface area (Å²) in [4.78, 5) is 56.5. The van der Waals surface area contributed by atoms with Crippen molar-refractivity contribution < 1.29 is 9.59 Å². The zero-order valence-corrected chi connectivity index (χ0v) is 23.0. The monoisotopic (exact) mass is 546 g/mol. The minimum Gasteiger partial charge on any atom is -0.351 e. The highest BCUT2D eigenvalue weighted by molar-refractivity contribution is 6.11. The molecule has 0 saturated carbocycles. The number of hydrogen-bond acceptors (Lipinski definition) is 6. The Labute approximate surface area is 235 Å². The van der Waals surface area contributed by atoms with Gasteiger partial charge in [-0.25, -0.2) is 15.0 Å². The first-order valence-electron chi connectivity index (χ1n) is 14.0. The molecule has 0 saturated heterocycles. The summed E-state index contributed by atoms with van der Waals surface area (Å²) >= 11 is 0. The van der Waals surface area contributed by atoms with E-state index in [1.54, 1.807) is 24.3 Å². The van der Waals surface area contributed by atoms with E-state index in [4.69, 9.17) is 4.98 Å². The van der Waals surface area contributed by atoms with Gasteiger partial charge in [-0.1, -0.05) is 57.0 Å². The van der Waals surface area contributed by atoms with Gasteiger partial charge in [-0.3, -0.25) is 14.4 Å². The molecule has 2 aromatic carbocycles. The fourth-order valence-corrected chi connectivity index (χ4v) is 5.05. The predicted octanol–water partition coefficient (Wildman–Crippen LogP) is 5.39. The van der Waals surface area contributed by atoms with Gasteiger partial charge in [0.25, 0.3) is 11.8 Å². The Morgan fingerprint density at radius 2 is 1.22 bits per heavy atom. The molecular formula is C32H30N6O3. The van der Waals surface area contributed by atoms with Crippen LogP contribution in [0.5, 0.6) is 0 Å². The van der Waals surface area contributed by atoms with E-state index in [1.165, 1.54) is 0 Å². The van der Waals surface area contributed by atoms with E-state index >= 15 is 0 Å². The zero-order valence-electron chi connectivity index (χ0n) is 23.0. The van der Waals surface area contributed by atoms with Crippen molar-refractivity contribution in [3.05, 3.63) is 76.2 Å². The van der Waals surface area contributed by atoms with E-state index in [9.17, 15) is 14.4 Å². The first-order chi connectivity index (χ1) is 20.0. The second-order valence-electron chi connectivity index (χ2n) is 10.2. The molecule has 0 bridgehead atoms.